The molecule has 2 heterocycles. The Hall–Kier alpha value is -3.60. The highest BCUT2D eigenvalue weighted by Crippen LogP contribution is 2.27. The maximum atomic E-state index is 13.3. The molecule has 0 radical (unpaired) electrons. The summed E-state index contributed by atoms with van der Waals surface area (Å²) < 4.78 is 11.9. The summed E-state index contributed by atoms with van der Waals surface area (Å²) in [6.45, 7) is 0. The zero-order valence-corrected chi connectivity index (χ0v) is 14.9. The Morgan fingerprint density at radius 1 is 0.852 bits per heavy atom. The lowest BCUT2D eigenvalue weighted by molar-refractivity contribution is 0.0603. The van der Waals surface area contributed by atoms with Crippen molar-refractivity contribution in [3.05, 3.63) is 83.6 Å². The lowest BCUT2D eigenvalue weighted by Crippen LogP contribution is -2.06. The molecule has 0 amide bonds. The van der Waals surface area contributed by atoms with Crippen LogP contribution in [0.1, 0.15) is 26.4 Å². The van der Waals surface area contributed by atoms with E-state index in [1.807, 2.05) is 40.8 Å². The van der Waals surface area contributed by atoms with E-state index in [0.29, 0.717) is 28.1 Å². The maximum Gasteiger partial charge on any atom is 0.340 e. The van der Waals surface area contributed by atoms with Gasteiger partial charge in [-0.1, -0.05) is 36.4 Å². The largest absolute Gasteiger partial charge is 0.497 e. The fourth-order valence-electron chi connectivity index (χ4n) is 3.30. The van der Waals surface area contributed by atoms with Crippen LogP contribution in [0.25, 0.3) is 16.4 Å². The highest BCUT2D eigenvalue weighted by molar-refractivity contribution is 6.12. The molecular formula is C22H17NO4. The van der Waals surface area contributed by atoms with Gasteiger partial charge in [0.2, 0.25) is 5.78 Å². The van der Waals surface area contributed by atoms with E-state index >= 15 is 0 Å². The van der Waals surface area contributed by atoms with E-state index in [1.165, 1.54) is 7.11 Å². The molecule has 4 rings (SSSR count). The minimum atomic E-state index is -0.479. The van der Waals surface area contributed by atoms with Crippen molar-refractivity contribution in [2.75, 3.05) is 14.2 Å². The van der Waals surface area contributed by atoms with Crippen molar-refractivity contribution in [1.29, 1.82) is 0 Å². The summed E-state index contributed by atoms with van der Waals surface area (Å²) >= 11 is 0. The Kier molecular flexibility index (Phi) is 4.12. The van der Waals surface area contributed by atoms with Crippen LogP contribution in [0.4, 0.5) is 0 Å². The Morgan fingerprint density at radius 2 is 1.67 bits per heavy atom. The van der Waals surface area contributed by atoms with E-state index in [1.54, 1.807) is 37.4 Å². The van der Waals surface area contributed by atoms with E-state index in [4.69, 9.17) is 9.47 Å². The van der Waals surface area contributed by atoms with Crippen LogP contribution in [-0.4, -0.2) is 30.4 Å². The van der Waals surface area contributed by atoms with Crippen LogP contribution in [0.3, 0.4) is 0 Å². The molecule has 0 unspecified atom stereocenters. The minimum Gasteiger partial charge on any atom is -0.497 e. The van der Waals surface area contributed by atoms with Crippen LogP contribution < -0.4 is 4.74 Å². The number of benzene rings is 2. The standard InChI is InChI=1S/C22H17NO4/c1-26-16-8-5-7-15(12-16)21(24)20-13-17(22(25)27-2)19-11-10-14-6-3-4-9-18(14)23(19)20/h3-13H,1-2H3. The third-order valence-corrected chi connectivity index (χ3v) is 4.61. The van der Waals surface area contributed by atoms with Crippen molar-refractivity contribution < 1.29 is 19.1 Å². The van der Waals surface area contributed by atoms with Gasteiger partial charge < -0.3 is 13.9 Å². The molecule has 0 atom stereocenters. The molecule has 4 aromatic rings. The monoisotopic (exact) mass is 359 g/mol. The molecule has 0 aliphatic rings. The number of carbonyl (C=O) groups is 2. The fraction of sp³-hybridized carbons (Fsp3) is 0.0909. The average molecular weight is 359 g/mol. The van der Waals surface area contributed by atoms with Crippen LogP contribution in [0, 0.1) is 0 Å². The average Bonchev–Trinajstić information content (AvgIpc) is 3.12. The lowest BCUT2D eigenvalue weighted by atomic mass is 10.1. The Balaban J connectivity index is 2.02. The van der Waals surface area contributed by atoms with E-state index in [-0.39, 0.29) is 5.78 Å². The van der Waals surface area contributed by atoms with Gasteiger partial charge in [0, 0.05) is 5.56 Å². The second kappa shape index (κ2) is 6.61. The molecule has 0 saturated carbocycles. The number of hydrogen-bond acceptors (Lipinski definition) is 4. The number of fused-ring (bicyclic) bond motifs is 3. The SMILES string of the molecule is COC(=O)c1cc(C(=O)c2cccc(OC)c2)n2c1ccc1ccccc12. The van der Waals surface area contributed by atoms with Gasteiger partial charge in [-0.3, -0.25) is 4.79 Å². The minimum absolute atomic E-state index is 0.199. The number of esters is 1. The molecule has 0 fully saturated rings. The topological polar surface area (TPSA) is 57.0 Å². The third kappa shape index (κ3) is 2.73. The van der Waals surface area contributed by atoms with E-state index in [9.17, 15) is 9.59 Å². The van der Waals surface area contributed by atoms with Gasteiger partial charge >= 0.3 is 5.97 Å². The predicted octanol–water partition coefficient (Wildman–Crippen LogP) is 4.12. The van der Waals surface area contributed by atoms with Crippen molar-refractivity contribution in [3.63, 3.8) is 0 Å². The number of hydrogen-bond donors (Lipinski definition) is 0. The summed E-state index contributed by atoms with van der Waals surface area (Å²) in [4.78, 5) is 25.5. The summed E-state index contributed by atoms with van der Waals surface area (Å²) in [5.41, 5.74) is 2.71. The first-order chi connectivity index (χ1) is 13.1. The molecule has 5 nitrogen and oxygen atoms in total. The van der Waals surface area contributed by atoms with Gasteiger partial charge in [0.25, 0.3) is 0 Å². The van der Waals surface area contributed by atoms with Crippen LogP contribution >= 0.6 is 0 Å². The molecule has 27 heavy (non-hydrogen) atoms. The van der Waals surface area contributed by atoms with Gasteiger partial charge in [0.05, 0.1) is 36.5 Å². The van der Waals surface area contributed by atoms with Crippen LogP contribution in [0.15, 0.2) is 66.7 Å². The van der Waals surface area contributed by atoms with Gasteiger partial charge in [0.15, 0.2) is 0 Å². The number of nitrogens with zero attached hydrogens (tertiary/aromatic N) is 1. The van der Waals surface area contributed by atoms with Gasteiger partial charge in [0.1, 0.15) is 5.75 Å². The first kappa shape index (κ1) is 16.8. The number of pyridine rings is 1. The highest BCUT2D eigenvalue weighted by atomic mass is 16.5. The van der Waals surface area contributed by atoms with Crippen molar-refractivity contribution in [3.8, 4) is 5.75 Å². The van der Waals surface area contributed by atoms with Crippen LogP contribution in [0.5, 0.6) is 5.75 Å². The van der Waals surface area contributed by atoms with Crippen molar-refractivity contribution in [1.82, 2.24) is 4.40 Å². The number of rotatable bonds is 4. The molecule has 0 aliphatic carbocycles. The second-order valence-corrected chi connectivity index (χ2v) is 6.11. The molecular weight excluding hydrogens is 342 g/mol. The summed E-state index contributed by atoms with van der Waals surface area (Å²) in [7, 11) is 2.88. The van der Waals surface area contributed by atoms with Crippen molar-refractivity contribution >= 4 is 28.2 Å². The fourth-order valence-corrected chi connectivity index (χ4v) is 3.30. The number of aromatic nitrogens is 1. The zero-order chi connectivity index (χ0) is 19.0. The molecule has 0 N–H and O–H groups in total. The summed E-state index contributed by atoms with van der Waals surface area (Å²) in [6, 6.07) is 20.0. The molecule has 134 valence electrons. The third-order valence-electron chi connectivity index (χ3n) is 4.61. The molecule has 0 aliphatic heterocycles. The number of carbonyl (C=O) groups excluding carboxylic acids is 2. The Labute approximate surface area is 155 Å². The molecule has 2 aromatic heterocycles. The quantitative estimate of drug-likeness (QED) is 0.406. The van der Waals surface area contributed by atoms with E-state index in [2.05, 4.69) is 0 Å². The number of para-hydroxylation sites is 1. The lowest BCUT2D eigenvalue weighted by Gasteiger charge is -2.08. The Morgan fingerprint density at radius 3 is 2.44 bits per heavy atom. The van der Waals surface area contributed by atoms with Crippen molar-refractivity contribution in [2.45, 2.75) is 0 Å². The maximum absolute atomic E-state index is 13.3. The van der Waals surface area contributed by atoms with Crippen LogP contribution in [-0.2, 0) is 4.74 Å². The van der Waals surface area contributed by atoms with Crippen molar-refractivity contribution in [2.24, 2.45) is 0 Å². The number of methoxy groups -OCH3 is 2. The molecule has 2 aromatic carbocycles. The molecule has 0 spiro atoms. The smallest absolute Gasteiger partial charge is 0.340 e. The van der Waals surface area contributed by atoms with Gasteiger partial charge in [-0.15, -0.1) is 0 Å². The van der Waals surface area contributed by atoms with Gasteiger partial charge in [-0.05, 0) is 35.7 Å². The molecule has 0 saturated heterocycles. The summed E-state index contributed by atoms with van der Waals surface area (Å²) in [5.74, 6) is -0.0809. The predicted molar refractivity (Wildman–Crippen MR) is 103 cm³/mol. The number of ether oxygens (including phenoxy) is 2. The highest BCUT2D eigenvalue weighted by Gasteiger charge is 2.22. The summed E-state index contributed by atoms with van der Waals surface area (Å²) in [6.07, 6.45) is 0. The molecule has 0 bridgehead atoms. The number of ketones is 1. The first-order valence-corrected chi connectivity index (χ1v) is 8.44. The van der Waals surface area contributed by atoms with Gasteiger partial charge in [-0.25, -0.2) is 4.79 Å². The first-order valence-electron chi connectivity index (χ1n) is 8.44. The van der Waals surface area contributed by atoms with Gasteiger partial charge in [-0.2, -0.15) is 0 Å². The Bertz CT molecular complexity index is 1190. The zero-order valence-electron chi connectivity index (χ0n) is 14.9. The summed E-state index contributed by atoms with van der Waals surface area (Å²) in [5, 5.41) is 0.969. The second-order valence-electron chi connectivity index (χ2n) is 6.11. The van der Waals surface area contributed by atoms with E-state index in [0.717, 1.165) is 10.9 Å². The van der Waals surface area contributed by atoms with E-state index < -0.39 is 5.97 Å². The van der Waals surface area contributed by atoms with Crippen LogP contribution in [0.2, 0.25) is 0 Å². The normalized spacial score (nSPS) is 10.9. The molecule has 5 heteroatoms.